The fraction of sp³-hybridized carbons (Fsp3) is 0.500. The van der Waals surface area contributed by atoms with Crippen molar-refractivity contribution in [2.24, 2.45) is 0 Å². The van der Waals surface area contributed by atoms with Gasteiger partial charge in [-0.15, -0.1) is 0 Å². The van der Waals surface area contributed by atoms with Crippen LogP contribution in [0.25, 0.3) is 0 Å². The SMILES string of the molecule is Cc1ccc(N2CCN(C)CC2)cc1NCl. The van der Waals surface area contributed by atoms with E-state index in [4.69, 9.17) is 11.8 Å². The molecule has 2 rings (SSSR count). The molecule has 1 heterocycles. The summed E-state index contributed by atoms with van der Waals surface area (Å²) in [5.74, 6) is 0. The number of piperazine rings is 1. The van der Waals surface area contributed by atoms with Crippen molar-refractivity contribution in [3.63, 3.8) is 0 Å². The Bertz CT molecular complexity index is 359. The maximum Gasteiger partial charge on any atom is 0.0541 e. The van der Waals surface area contributed by atoms with Crippen molar-refractivity contribution in [2.45, 2.75) is 6.92 Å². The molecule has 1 aromatic rings. The number of nitrogens with one attached hydrogen (secondary N) is 1. The highest BCUT2D eigenvalue weighted by Gasteiger charge is 2.14. The largest absolute Gasteiger partial charge is 0.369 e. The van der Waals surface area contributed by atoms with Gasteiger partial charge in [0.05, 0.1) is 5.69 Å². The molecule has 0 aliphatic carbocycles. The summed E-state index contributed by atoms with van der Waals surface area (Å²) < 4.78 is 0. The summed E-state index contributed by atoms with van der Waals surface area (Å²) in [6.07, 6.45) is 0. The van der Waals surface area contributed by atoms with Crippen molar-refractivity contribution in [3.8, 4) is 0 Å². The van der Waals surface area contributed by atoms with Gasteiger partial charge in [-0.3, -0.25) is 4.84 Å². The molecule has 0 aromatic heterocycles. The van der Waals surface area contributed by atoms with Gasteiger partial charge in [-0.05, 0) is 31.7 Å². The van der Waals surface area contributed by atoms with Gasteiger partial charge in [0.15, 0.2) is 0 Å². The summed E-state index contributed by atoms with van der Waals surface area (Å²) in [7, 11) is 2.16. The molecule has 0 unspecified atom stereocenters. The number of benzene rings is 1. The van der Waals surface area contributed by atoms with Gasteiger partial charge in [0, 0.05) is 43.6 Å². The summed E-state index contributed by atoms with van der Waals surface area (Å²) in [5, 5.41) is 0. The molecule has 0 bridgehead atoms. The molecular weight excluding hydrogens is 222 g/mol. The van der Waals surface area contributed by atoms with E-state index in [2.05, 4.69) is 46.8 Å². The number of nitrogens with zero attached hydrogens (tertiary/aromatic N) is 2. The average Bonchev–Trinajstić information content (AvgIpc) is 2.31. The molecule has 0 amide bonds. The molecule has 1 N–H and O–H groups in total. The van der Waals surface area contributed by atoms with Crippen LogP contribution in [-0.2, 0) is 0 Å². The molecule has 88 valence electrons. The van der Waals surface area contributed by atoms with E-state index < -0.39 is 0 Å². The number of aryl methyl sites for hydroxylation is 1. The van der Waals surface area contributed by atoms with Gasteiger partial charge < -0.3 is 9.80 Å². The van der Waals surface area contributed by atoms with Crippen molar-refractivity contribution < 1.29 is 0 Å². The van der Waals surface area contributed by atoms with E-state index in [1.54, 1.807) is 0 Å². The van der Waals surface area contributed by atoms with Crippen LogP contribution in [0.5, 0.6) is 0 Å². The Kier molecular flexibility index (Phi) is 3.56. The Hall–Kier alpha value is -0.930. The van der Waals surface area contributed by atoms with Crippen molar-refractivity contribution >= 4 is 23.2 Å². The molecular formula is C12H18ClN3. The monoisotopic (exact) mass is 239 g/mol. The predicted molar refractivity (Wildman–Crippen MR) is 70.4 cm³/mol. The molecule has 0 saturated carbocycles. The number of halogens is 1. The van der Waals surface area contributed by atoms with Crippen LogP contribution in [0.15, 0.2) is 18.2 Å². The Labute approximate surface area is 102 Å². The van der Waals surface area contributed by atoms with Crippen LogP contribution in [-0.4, -0.2) is 38.1 Å². The third-order valence-electron chi connectivity index (χ3n) is 3.19. The maximum absolute atomic E-state index is 5.69. The first-order valence-electron chi connectivity index (χ1n) is 5.61. The molecule has 1 aliphatic heterocycles. The molecule has 1 aliphatic rings. The molecule has 1 fully saturated rings. The van der Waals surface area contributed by atoms with Crippen LogP contribution in [0.4, 0.5) is 11.4 Å². The fourth-order valence-corrected chi connectivity index (χ4v) is 2.18. The number of anilines is 2. The van der Waals surface area contributed by atoms with Gasteiger partial charge in [-0.1, -0.05) is 6.07 Å². The lowest BCUT2D eigenvalue weighted by Gasteiger charge is -2.34. The van der Waals surface area contributed by atoms with E-state index in [-0.39, 0.29) is 0 Å². The van der Waals surface area contributed by atoms with E-state index in [9.17, 15) is 0 Å². The van der Waals surface area contributed by atoms with Crippen LogP contribution in [0.2, 0.25) is 0 Å². The highest BCUT2D eigenvalue weighted by atomic mass is 35.5. The van der Waals surface area contributed by atoms with Gasteiger partial charge in [0.25, 0.3) is 0 Å². The Morgan fingerprint density at radius 3 is 2.50 bits per heavy atom. The first kappa shape index (κ1) is 11.6. The summed E-state index contributed by atoms with van der Waals surface area (Å²) in [5.41, 5.74) is 3.42. The summed E-state index contributed by atoms with van der Waals surface area (Å²) in [4.78, 5) is 7.47. The second-order valence-corrected chi connectivity index (χ2v) is 4.57. The van der Waals surface area contributed by atoms with Gasteiger partial charge in [0.1, 0.15) is 0 Å². The van der Waals surface area contributed by atoms with Crippen LogP contribution in [0.1, 0.15) is 5.56 Å². The second kappa shape index (κ2) is 4.93. The molecule has 0 radical (unpaired) electrons. The quantitative estimate of drug-likeness (QED) is 0.800. The van der Waals surface area contributed by atoms with Crippen LogP contribution >= 0.6 is 11.8 Å². The van der Waals surface area contributed by atoms with E-state index in [1.807, 2.05) is 0 Å². The normalized spacial score (nSPS) is 17.6. The van der Waals surface area contributed by atoms with E-state index in [0.29, 0.717) is 0 Å². The van der Waals surface area contributed by atoms with Crippen molar-refractivity contribution in [1.29, 1.82) is 0 Å². The topological polar surface area (TPSA) is 18.5 Å². The van der Waals surface area contributed by atoms with E-state index >= 15 is 0 Å². The zero-order valence-electron chi connectivity index (χ0n) is 9.83. The number of hydrogen-bond acceptors (Lipinski definition) is 3. The highest BCUT2D eigenvalue weighted by molar-refractivity contribution is 6.24. The van der Waals surface area contributed by atoms with Gasteiger partial charge in [-0.25, -0.2) is 0 Å². The minimum absolute atomic E-state index is 0.998. The smallest absolute Gasteiger partial charge is 0.0541 e. The van der Waals surface area contributed by atoms with Crippen molar-refractivity contribution in [3.05, 3.63) is 23.8 Å². The molecule has 1 saturated heterocycles. The summed E-state index contributed by atoms with van der Waals surface area (Å²) in [6, 6.07) is 6.39. The standard InChI is InChI=1S/C12H18ClN3/c1-10-3-4-11(9-12(10)14-13)16-7-5-15(2)6-8-16/h3-4,9,14H,5-8H2,1-2H3. The molecule has 0 spiro atoms. The molecule has 4 heteroatoms. The van der Waals surface area contributed by atoms with Crippen molar-refractivity contribution in [1.82, 2.24) is 4.90 Å². The van der Waals surface area contributed by atoms with Gasteiger partial charge in [-0.2, -0.15) is 0 Å². The molecule has 16 heavy (non-hydrogen) atoms. The van der Waals surface area contributed by atoms with Gasteiger partial charge in [0.2, 0.25) is 0 Å². The zero-order chi connectivity index (χ0) is 11.5. The lowest BCUT2D eigenvalue weighted by atomic mass is 10.1. The van der Waals surface area contributed by atoms with Crippen LogP contribution in [0.3, 0.4) is 0 Å². The first-order valence-corrected chi connectivity index (χ1v) is 5.99. The van der Waals surface area contributed by atoms with Gasteiger partial charge >= 0.3 is 0 Å². The number of hydrogen-bond donors (Lipinski definition) is 1. The second-order valence-electron chi connectivity index (χ2n) is 4.38. The zero-order valence-corrected chi connectivity index (χ0v) is 10.6. The Morgan fingerprint density at radius 2 is 1.88 bits per heavy atom. The number of likely N-dealkylation sites (N-methyl/N-ethyl adjacent to an activating group) is 1. The number of rotatable bonds is 2. The molecule has 3 nitrogen and oxygen atoms in total. The predicted octanol–water partition coefficient (Wildman–Crippen LogP) is 2.31. The Morgan fingerprint density at radius 1 is 1.19 bits per heavy atom. The van der Waals surface area contributed by atoms with E-state index in [0.717, 1.165) is 31.9 Å². The third-order valence-corrected chi connectivity index (χ3v) is 3.39. The average molecular weight is 240 g/mol. The van der Waals surface area contributed by atoms with Crippen molar-refractivity contribution in [2.75, 3.05) is 43.0 Å². The van der Waals surface area contributed by atoms with Crippen LogP contribution in [0, 0.1) is 6.92 Å². The minimum atomic E-state index is 0.998. The van der Waals surface area contributed by atoms with Crippen LogP contribution < -0.4 is 9.74 Å². The Balaban J connectivity index is 2.14. The maximum atomic E-state index is 5.69. The lowest BCUT2D eigenvalue weighted by molar-refractivity contribution is 0.313. The first-order chi connectivity index (χ1) is 7.70. The molecule has 1 aromatic carbocycles. The van der Waals surface area contributed by atoms with E-state index in [1.165, 1.54) is 11.3 Å². The minimum Gasteiger partial charge on any atom is -0.369 e. The fourth-order valence-electron chi connectivity index (χ4n) is 1.97. The highest BCUT2D eigenvalue weighted by Crippen LogP contribution is 2.24. The molecule has 0 atom stereocenters. The third kappa shape index (κ3) is 2.42. The summed E-state index contributed by atoms with van der Waals surface area (Å²) in [6.45, 7) is 6.47. The lowest BCUT2D eigenvalue weighted by Crippen LogP contribution is -2.44. The summed E-state index contributed by atoms with van der Waals surface area (Å²) >= 11 is 5.69.